The van der Waals surface area contributed by atoms with Gasteiger partial charge in [0.15, 0.2) is 11.6 Å². The van der Waals surface area contributed by atoms with Crippen molar-refractivity contribution in [1.82, 2.24) is 10.2 Å². The molecule has 1 unspecified atom stereocenters. The number of nitrogen functional groups attached to an aromatic ring is 1. The average molecular weight is 185 g/mol. The van der Waals surface area contributed by atoms with Gasteiger partial charge in [-0.1, -0.05) is 0 Å². The molecule has 2 heterocycles. The van der Waals surface area contributed by atoms with Crippen molar-refractivity contribution in [3.05, 3.63) is 11.5 Å². The smallest absolute Gasteiger partial charge is 0.190 e. The third-order valence-corrected chi connectivity index (χ3v) is 2.48. The number of nitrogens with two attached hydrogens (primary N) is 1. The molecule has 0 radical (unpaired) electrons. The first kappa shape index (κ1) is 8.50. The molecule has 1 atom stereocenters. The van der Waals surface area contributed by atoms with Crippen LogP contribution in [-0.2, 0) is 10.3 Å². The number of aromatic nitrogens is 2. The second-order valence-electron chi connectivity index (χ2n) is 3.48. The Morgan fingerprint density at radius 2 is 2.46 bits per heavy atom. The molecule has 72 valence electrons. The van der Waals surface area contributed by atoms with Gasteiger partial charge in [-0.05, 0) is 19.8 Å². The van der Waals surface area contributed by atoms with Crippen LogP contribution in [0.3, 0.4) is 0 Å². The minimum Gasteiger partial charge on any atom is -0.380 e. The van der Waals surface area contributed by atoms with Crippen molar-refractivity contribution >= 4 is 5.82 Å². The molecule has 4 nitrogen and oxygen atoms in total. The highest BCUT2D eigenvalue weighted by atomic mass is 19.1. The van der Waals surface area contributed by atoms with Crippen LogP contribution in [-0.4, -0.2) is 16.8 Å². The molecule has 0 spiro atoms. The van der Waals surface area contributed by atoms with E-state index in [1.807, 2.05) is 6.92 Å². The molecular weight excluding hydrogens is 173 g/mol. The molecule has 1 fully saturated rings. The summed E-state index contributed by atoms with van der Waals surface area (Å²) in [7, 11) is 0. The summed E-state index contributed by atoms with van der Waals surface area (Å²) in [5.41, 5.74) is 5.08. The number of aromatic amines is 1. The Balaban J connectivity index is 2.39. The van der Waals surface area contributed by atoms with Gasteiger partial charge in [0.2, 0.25) is 0 Å². The van der Waals surface area contributed by atoms with Gasteiger partial charge >= 0.3 is 0 Å². The van der Waals surface area contributed by atoms with Crippen molar-refractivity contribution in [2.75, 3.05) is 12.3 Å². The van der Waals surface area contributed by atoms with E-state index in [1.54, 1.807) is 0 Å². The van der Waals surface area contributed by atoms with E-state index in [4.69, 9.17) is 10.5 Å². The lowest BCUT2D eigenvalue weighted by molar-refractivity contribution is 0.0104. The summed E-state index contributed by atoms with van der Waals surface area (Å²) in [5.74, 6) is -0.573. The Morgan fingerprint density at radius 1 is 1.69 bits per heavy atom. The van der Waals surface area contributed by atoms with Gasteiger partial charge in [0, 0.05) is 6.61 Å². The van der Waals surface area contributed by atoms with Gasteiger partial charge in [-0.2, -0.15) is 5.10 Å². The quantitative estimate of drug-likeness (QED) is 0.690. The van der Waals surface area contributed by atoms with Crippen LogP contribution >= 0.6 is 0 Å². The molecule has 3 N–H and O–H groups in total. The third kappa shape index (κ3) is 1.19. The van der Waals surface area contributed by atoms with Crippen LogP contribution < -0.4 is 5.73 Å². The maximum Gasteiger partial charge on any atom is 0.190 e. The van der Waals surface area contributed by atoms with Crippen molar-refractivity contribution in [2.24, 2.45) is 0 Å². The molecule has 5 heteroatoms. The molecule has 1 aliphatic rings. The number of nitrogens with zero attached hydrogens (tertiary/aromatic N) is 1. The summed E-state index contributed by atoms with van der Waals surface area (Å²) < 4.78 is 18.8. The van der Waals surface area contributed by atoms with E-state index in [0.29, 0.717) is 12.3 Å². The molecule has 1 aromatic heterocycles. The van der Waals surface area contributed by atoms with Crippen LogP contribution in [0, 0.1) is 5.82 Å². The van der Waals surface area contributed by atoms with E-state index in [2.05, 4.69) is 10.2 Å². The van der Waals surface area contributed by atoms with E-state index in [0.717, 1.165) is 12.8 Å². The Bertz CT molecular complexity index is 317. The van der Waals surface area contributed by atoms with Crippen LogP contribution in [0.2, 0.25) is 0 Å². The summed E-state index contributed by atoms with van der Waals surface area (Å²) >= 11 is 0. The number of anilines is 1. The number of nitrogens with one attached hydrogen (secondary N) is 1. The van der Waals surface area contributed by atoms with Gasteiger partial charge in [-0.3, -0.25) is 5.10 Å². The van der Waals surface area contributed by atoms with E-state index >= 15 is 0 Å². The maximum atomic E-state index is 13.4. The van der Waals surface area contributed by atoms with Gasteiger partial charge in [0.05, 0.1) is 0 Å². The lowest BCUT2D eigenvalue weighted by atomic mass is 9.98. The van der Waals surface area contributed by atoms with Gasteiger partial charge in [0.1, 0.15) is 11.3 Å². The van der Waals surface area contributed by atoms with Gasteiger partial charge in [-0.15, -0.1) is 0 Å². The molecule has 1 aromatic rings. The predicted octanol–water partition coefficient (Wildman–Crippen LogP) is 1.16. The summed E-state index contributed by atoms with van der Waals surface area (Å²) in [5, 5.41) is 6.18. The van der Waals surface area contributed by atoms with Gasteiger partial charge in [-0.25, -0.2) is 4.39 Å². The van der Waals surface area contributed by atoms with Crippen LogP contribution in [0.1, 0.15) is 25.5 Å². The zero-order chi connectivity index (χ0) is 9.47. The molecule has 0 amide bonds. The first-order valence-electron chi connectivity index (χ1n) is 4.27. The lowest BCUT2D eigenvalue weighted by Crippen LogP contribution is -2.21. The number of hydrogen-bond donors (Lipinski definition) is 2. The fourth-order valence-electron chi connectivity index (χ4n) is 1.67. The Morgan fingerprint density at radius 3 is 2.92 bits per heavy atom. The van der Waals surface area contributed by atoms with Crippen molar-refractivity contribution in [3.8, 4) is 0 Å². The third-order valence-electron chi connectivity index (χ3n) is 2.48. The SMILES string of the molecule is CC1(c2[nH]nc(N)c2F)CCCO1. The number of rotatable bonds is 1. The van der Waals surface area contributed by atoms with Crippen LogP contribution in [0.4, 0.5) is 10.2 Å². The highest BCUT2D eigenvalue weighted by molar-refractivity contribution is 5.34. The van der Waals surface area contributed by atoms with Crippen molar-refractivity contribution in [1.29, 1.82) is 0 Å². The number of ether oxygens (including phenoxy) is 1. The van der Waals surface area contributed by atoms with Crippen LogP contribution in [0.5, 0.6) is 0 Å². The second kappa shape index (κ2) is 2.70. The summed E-state index contributed by atoms with van der Waals surface area (Å²) in [6.45, 7) is 2.50. The minimum atomic E-state index is -0.575. The molecule has 0 aromatic carbocycles. The molecular formula is C8H12FN3O. The minimum absolute atomic E-state index is 0.0910. The maximum absolute atomic E-state index is 13.4. The normalized spacial score (nSPS) is 28.2. The largest absolute Gasteiger partial charge is 0.380 e. The molecule has 0 saturated carbocycles. The monoisotopic (exact) mass is 185 g/mol. The Kier molecular flexibility index (Phi) is 1.76. The average Bonchev–Trinajstić information content (AvgIpc) is 2.63. The predicted molar refractivity (Wildman–Crippen MR) is 45.5 cm³/mol. The zero-order valence-electron chi connectivity index (χ0n) is 7.43. The van der Waals surface area contributed by atoms with Crippen LogP contribution in [0.15, 0.2) is 0 Å². The molecule has 1 aliphatic heterocycles. The second-order valence-corrected chi connectivity index (χ2v) is 3.48. The molecule has 0 aliphatic carbocycles. The first-order valence-corrected chi connectivity index (χ1v) is 4.27. The highest BCUT2D eigenvalue weighted by Gasteiger charge is 2.36. The number of hydrogen-bond acceptors (Lipinski definition) is 3. The first-order chi connectivity index (χ1) is 6.13. The summed E-state index contributed by atoms with van der Waals surface area (Å²) in [4.78, 5) is 0. The fraction of sp³-hybridized carbons (Fsp3) is 0.625. The number of H-pyrrole nitrogens is 1. The summed E-state index contributed by atoms with van der Waals surface area (Å²) in [6, 6.07) is 0. The zero-order valence-corrected chi connectivity index (χ0v) is 7.43. The Labute approximate surface area is 75.3 Å². The molecule has 1 saturated heterocycles. The van der Waals surface area contributed by atoms with Crippen molar-refractivity contribution < 1.29 is 9.13 Å². The standard InChI is InChI=1S/C8H12FN3O/c1-8(3-2-4-13-8)6-5(9)7(10)12-11-6/h2-4H2,1H3,(H3,10,11,12). The molecule has 0 bridgehead atoms. The summed E-state index contributed by atoms with van der Waals surface area (Å²) in [6.07, 6.45) is 1.74. The lowest BCUT2D eigenvalue weighted by Gasteiger charge is -2.20. The van der Waals surface area contributed by atoms with Crippen molar-refractivity contribution in [2.45, 2.75) is 25.4 Å². The molecule has 13 heavy (non-hydrogen) atoms. The Hall–Kier alpha value is -1.10. The van der Waals surface area contributed by atoms with Gasteiger partial charge < -0.3 is 10.5 Å². The van der Waals surface area contributed by atoms with E-state index in [9.17, 15) is 4.39 Å². The fourth-order valence-corrected chi connectivity index (χ4v) is 1.67. The van der Waals surface area contributed by atoms with Crippen LogP contribution in [0.25, 0.3) is 0 Å². The highest BCUT2D eigenvalue weighted by Crippen LogP contribution is 2.36. The molecule has 2 rings (SSSR count). The van der Waals surface area contributed by atoms with E-state index in [1.165, 1.54) is 0 Å². The van der Waals surface area contributed by atoms with E-state index in [-0.39, 0.29) is 5.82 Å². The van der Waals surface area contributed by atoms with E-state index < -0.39 is 11.4 Å². The topological polar surface area (TPSA) is 63.9 Å². The van der Waals surface area contributed by atoms with Gasteiger partial charge in [0.25, 0.3) is 0 Å². The van der Waals surface area contributed by atoms with Crippen molar-refractivity contribution in [3.63, 3.8) is 0 Å². The number of halogens is 1.